The summed E-state index contributed by atoms with van der Waals surface area (Å²) in [5.74, 6) is 1.88. The van der Waals surface area contributed by atoms with Gasteiger partial charge in [0.05, 0.1) is 12.8 Å². The van der Waals surface area contributed by atoms with Gasteiger partial charge in [-0.2, -0.15) is 4.98 Å². The molecule has 100 valence electrons. The summed E-state index contributed by atoms with van der Waals surface area (Å²) in [5, 5.41) is 3.38. The molecule has 1 aliphatic heterocycles. The maximum atomic E-state index is 5.92. The molecular weight excluding hydrogens is 230 g/mol. The molecule has 1 aliphatic rings. The molecule has 5 nitrogen and oxygen atoms in total. The molecule has 1 saturated heterocycles. The second-order valence-corrected chi connectivity index (χ2v) is 4.67. The number of hydrogen-bond donors (Lipinski definition) is 2. The highest BCUT2D eigenvalue weighted by molar-refractivity contribution is 5.62. The fourth-order valence-electron chi connectivity index (χ4n) is 2.23. The number of anilines is 2. The van der Waals surface area contributed by atoms with Gasteiger partial charge in [0.15, 0.2) is 5.82 Å². The van der Waals surface area contributed by atoms with E-state index in [1.165, 1.54) is 0 Å². The summed E-state index contributed by atoms with van der Waals surface area (Å²) in [7, 11) is 1.60. The van der Waals surface area contributed by atoms with Gasteiger partial charge in [-0.3, -0.25) is 0 Å². The lowest BCUT2D eigenvalue weighted by molar-refractivity contribution is 0.0622. The Balaban J connectivity index is 2.03. The number of hydrogen-bond acceptors (Lipinski definition) is 5. The first-order valence-corrected chi connectivity index (χ1v) is 6.35. The molecule has 0 amide bonds. The first-order chi connectivity index (χ1) is 8.70. The second kappa shape index (κ2) is 5.91. The summed E-state index contributed by atoms with van der Waals surface area (Å²) >= 11 is 0. The lowest BCUT2D eigenvalue weighted by Gasteiger charge is -2.29. The van der Waals surface area contributed by atoms with Gasteiger partial charge in [-0.25, -0.2) is 0 Å². The van der Waals surface area contributed by atoms with Crippen molar-refractivity contribution < 1.29 is 9.47 Å². The normalized spacial score (nSPS) is 18.3. The number of nitrogens with one attached hydrogen (secondary N) is 1. The van der Waals surface area contributed by atoms with E-state index in [0.29, 0.717) is 29.3 Å². The number of pyridine rings is 1. The minimum atomic E-state index is 0.329. The molecule has 5 heteroatoms. The van der Waals surface area contributed by atoms with Crippen LogP contribution < -0.4 is 15.8 Å². The molecule has 2 rings (SSSR count). The van der Waals surface area contributed by atoms with Crippen molar-refractivity contribution in [2.45, 2.75) is 25.8 Å². The van der Waals surface area contributed by atoms with Crippen LogP contribution in [0, 0.1) is 5.92 Å². The zero-order chi connectivity index (χ0) is 13.0. The van der Waals surface area contributed by atoms with Crippen molar-refractivity contribution in [2.24, 2.45) is 5.92 Å². The Hall–Kier alpha value is -1.49. The van der Waals surface area contributed by atoms with E-state index in [4.69, 9.17) is 15.2 Å². The van der Waals surface area contributed by atoms with Gasteiger partial charge in [-0.1, -0.05) is 0 Å². The first kappa shape index (κ1) is 13.0. The molecule has 0 radical (unpaired) electrons. The summed E-state index contributed by atoms with van der Waals surface area (Å²) in [6.45, 7) is 3.85. The van der Waals surface area contributed by atoms with Crippen LogP contribution in [0.25, 0.3) is 0 Å². The molecule has 1 fully saturated rings. The monoisotopic (exact) mass is 251 g/mol. The molecule has 2 heterocycles. The van der Waals surface area contributed by atoms with E-state index in [2.05, 4.69) is 17.2 Å². The molecule has 18 heavy (non-hydrogen) atoms. The van der Waals surface area contributed by atoms with Crippen LogP contribution in [0.5, 0.6) is 5.88 Å². The largest absolute Gasteiger partial charge is 0.481 e. The molecule has 0 aromatic carbocycles. The zero-order valence-corrected chi connectivity index (χ0v) is 11.0. The first-order valence-electron chi connectivity index (χ1n) is 6.35. The van der Waals surface area contributed by atoms with Crippen molar-refractivity contribution in [3.63, 3.8) is 0 Å². The molecule has 0 spiro atoms. The summed E-state index contributed by atoms with van der Waals surface area (Å²) < 4.78 is 10.5. The topological polar surface area (TPSA) is 69.4 Å². The van der Waals surface area contributed by atoms with Crippen LogP contribution in [0.1, 0.15) is 19.8 Å². The maximum Gasteiger partial charge on any atom is 0.215 e. The third kappa shape index (κ3) is 3.04. The standard InChI is InChI=1S/C13H21N3O2/c1-9(10-5-7-18-8-6-10)15-13-11(14)3-4-12(16-13)17-2/h3-4,9-10H,5-8,14H2,1-2H3,(H,15,16). The van der Waals surface area contributed by atoms with Crippen molar-refractivity contribution in [1.29, 1.82) is 0 Å². The van der Waals surface area contributed by atoms with Crippen LogP contribution in [0.3, 0.4) is 0 Å². The third-order valence-corrected chi connectivity index (χ3v) is 3.45. The average Bonchev–Trinajstić information content (AvgIpc) is 2.42. The summed E-state index contributed by atoms with van der Waals surface area (Å²) in [6, 6.07) is 3.90. The highest BCUT2D eigenvalue weighted by Gasteiger charge is 2.21. The van der Waals surface area contributed by atoms with Crippen LogP contribution in [0.4, 0.5) is 11.5 Å². The molecular formula is C13H21N3O2. The fraction of sp³-hybridized carbons (Fsp3) is 0.615. The maximum absolute atomic E-state index is 5.92. The lowest BCUT2D eigenvalue weighted by Crippen LogP contribution is -2.31. The van der Waals surface area contributed by atoms with Crippen molar-refractivity contribution in [3.8, 4) is 5.88 Å². The van der Waals surface area contributed by atoms with E-state index in [9.17, 15) is 0 Å². The third-order valence-electron chi connectivity index (χ3n) is 3.45. The van der Waals surface area contributed by atoms with Gasteiger partial charge in [0.25, 0.3) is 0 Å². The summed E-state index contributed by atoms with van der Waals surface area (Å²) in [4.78, 5) is 4.34. The number of nitrogen functional groups attached to an aromatic ring is 1. The van der Waals surface area contributed by atoms with Crippen LogP contribution in [-0.2, 0) is 4.74 Å². The van der Waals surface area contributed by atoms with Gasteiger partial charge in [0.2, 0.25) is 5.88 Å². The highest BCUT2D eigenvalue weighted by Crippen LogP contribution is 2.25. The van der Waals surface area contributed by atoms with Gasteiger partial charge < -0.3 is 20.5 Å². The number of rotatable bonds is 4. The Morgan fingerprint density at radius 1 is 1.44 bits per heavy atom. The van der Waals surface area contributed by atoms with Crippen LogP contribution >= 0.6 is 0 Å². The van der Waals surface area contributed by atoms with E-state index in [1.54, 1.807) is 13.2 Å². The van der Waals surface area contributed by atoms with E-state index in [1.807, 2.05) is 6.07 Å². The smallest absolute Gasteiger partial charge is 0.215 e. The quantitative estimate of drug-likeness (QED) is 0.855. The molecule has 1 aromatic rings. The van der Waals surface area contributed by atoms with Crippen LogP contribution in [-0.4, -0.2) is 31.3 Å². The van der Waals surface area contributed by atoms with E-state index in [0.717, 1.165) is 26.1 Å². The van der Waals surface area contributed by atoms with Gasteiger partial charge in [0, 0.05) is 25.3 Å². The molecule has 0 bridgehead atoms. The molecule has 1 unspecified atom stereocenters. The average molecular weight is 251 g/mol. The number of ether oxygens (including phenoxy) is 2. The van der Waals surface area contributed by atoms with Crippen molar-refractivity contribution in [3.05, 3.63) is 12.1 Å². The highest BCUT2D eigenvalue weighted by atomic mass is 16.5. The zero-order valence-electron chi connectivity index (χ0n) is 11.0. The Morgan fingerprint density at radius 2 is 2.17 bits per heavy atom. The van der Waals surface area contributed by atoms with E-state index < -0.39 is 0 Å². The van der Waals surface area contributed by atoms with Crippen LogP contribution in [0.15, 0.2) is 12.1 Å². The van der Waals surface area contributed by atoms with Crippen molar-refractivity contribution in [2.75, 3.05) is 31.4 Å². The van der Waals surface area contributed by atoms with E-state index in [-0.39, 0.29) is 0 Å². The number of nitrogens with two attached hydrogens (primary N) is 1. The van der Waals surface area contributed by atoms with Gasteiger partial charge >= 0.3 is 0 Å². The van der Waals surface area contributed by atoms with Crippen molar-refractivity contribution in [1.82, 2.24) is 4.98 Å². The molecule has 3 N–H and O–H groups in total. The SMILES string of the molecule is COc1ccc(N)c(NC(C)C2CCOCC2)n1. The molecule has 1 aromatic heterocycles. The number of aromatic nitrogens is 1. The van der Waals surface area contributed by atoms with Crippen molar-refractivity contribution >= 4 is 11.5 Å². The molecule has 0 saturated carbocycles. The Morgan fingerprint density at radius 3 is 2.83 bits per heavy atom. The number of nitrogens with zero attached hydrogens (tertiary/aromatic N) is 1. The predicted molar refractivity (Wildman–Crippen MR) is 71.8 cm³/mol. The van der Waals surface area contributed by atoms with E-state index >= 15 is 0 Å². The second-order valence-electron chi connectivity index (χ2n) is 4.67. The summed E-state index contributed by atoms with van der Waals surface area (Å²) in [6.07, 6.45) is 2.16. The Bertz CT molecular complexity index is 392. The predicted octanol–water partition coefficient (Wildman–Crippen LogP) is 1.90. The molecule has 1 atom stereocenters. The van der Waals surface area contributed by atoms with Crippen LogP contribution in [0.2, 0.25) is 0 Å². The molecule has 0 aliphatic carbocycles. The minimum Gasteiger partial charge on any atom is -0.481 e. The number of methoxy groups -OCH3 is 1. The van der Waals surface area contributed by atoms with Gasteiger partial charge in [-0.05, 0) is 31.7 Å². The minimum absolute atomic E-state index is 0.329. The Kier molecular flexibility index (Phi) is 4.25. The van der Waals surface area contributed by atoms with Gasteiger partial charge in [-0.15, -0.1) is 0 Å². The fourth-order valence-corrected chi connectivity index (χ4v) is 2.23. The summed E-state index contributed by atoms with van der Waals surface area (Å²) in [5.41, 5.74) is 6.56. The Labute approximate surface area is 108 Å². The van der Waals surface area contributed by atoms with Gasteiger partial charge in [0.1, 0.15) is 0 Å². The lowest BCUT2D eigenvalue weighted by atomic mass is 9.93.